The highest BCUT2D eigenvalue weighted by Gasteiger charge is 2.36. The molecule has 3 rings (SSSR count). The van der Waals surface area contributed by atoms with Gasteiger partial charge in [0.1, 0.15) is 10.6 Å². The van der Waals surface area contributed by atoms with Crippen molar-refractivity contribution in [1.82, 2.24) is 9.46 Å². The fraction of sp³-hybridized carbons (Fsp3) is 0.421. The maximum Gasteiger partial charge on any atom is 0.248 e. The molecule has 1 amide bonds. The number of benzene rings is 1. The predicted molar refractivity (Wildman–Crippen MR) is 103 cm³/mol. The number of nitrogens with one attached hydrogen (secondary N) is 1. The molecule has 150 valence electrons. The topological polar surface area (TPSA) is 110 Å². The van der Waals surface area contributed by atoms with Gasteiger partial charge >= 0.3 is 0 Å². The van der Waals surface area contributed by atoms with Crippen molar-refractivity contribution in [3.05, 3.63) is 41.3 Å². The molecule has 0 radical (unpaired) electrons. The molecule has 9 heteroatoms. The normalized spacial score (nSPS) is 18.0. The largest absolute Gasteiger partial charge is 0.360 e. The molecular weight excluding hydrogens is 382 g/mol. The average Bonchev–Trinajstić information content (AvgIpc) is 3.01. The van der Waals surface area contributed by atoms with Crippen LogP contribution in [0, 0.1) is 19.8 Å². The quantitative estimate of drug-likeness (QED) is 0.766. The third kappa shape index (κ3) is 4.00. The van der Waals surface area contributed by atoms with E-state index in [1.165, 1.54) is 11.2 Å². The molecule has 1 N–H and O–H groups in total. The second-order valence-corrected chi connectivity index (χ2v) is 8.86. The Balaban J connectivity index is 1.75. The third-order valence-corrected chi connectivity index (χ3v) is 6.97. The number of hydrogen-bond donors (Lipinski definition) is 1. The van der Waals surface area contributed by atoms with Gasteiger partial charge in [0.2, 0.25) is 15.9 Å². The molecule has 0 aliphatic carbocycles. The molecule has 1 aliphatic heterocycles. The van der Waals surface area contributed by atoms with Crippen molar-refractivity contribution in [1.29, 1.82) is 0 Å². The van der Waals surface area contributed by atoms with Crippen LogP contribution in [-0.4, -0.2) is 42.7 Å². The van der Waals surface area contributed by atoms with Crippen molar-refractivity contribution in [2.24, 2.45) is 5.92 Å². The zero-order valence-electron chi connectivity index (χ0n) is 16.1. The van der Waals surface area contributed by atoms with E-state index in [4.69, 9.17) is 4.52 Å². The lowest BCUT2D eigenvalue weighted by molar-refractivity contribution is -0.120. The number of nitrogens with zero attached hydrogens (tertiary/aromatic N) is 2. The maximum atomic E-state index is 13.0. The number of carbonyl (C=O) groups is 2. The Morgan fingerprint density at radius 2 is 2.04 bits per heavy atom. The minimum absolute atomic E-state index is 0.0720. The van der Waals surface area contributed by atoms with Crippen LogP contribution < -0.4 is 5.32 Å². The Labute approximate surface area is 163 Å². The van der Waals surface area contributed by atoms with Gasteiger partial charge in [0.25, 0.3) is 0 Å². The van der Waals surface area contributed by atoms with Crippen LogP contribution in [0.1, 0.15) is 41.6 Å². The summed E-state index contributed by atoms with van der Waals surface area (Å²) in [6, 6.07) is 6.69. The van der Waals surface area contributed by atoms with Crippen LogP contribution in [0.2, 0.25) is 0 Å². The number of amides is 1. The molecule has 1 aliphatic rings. The van der Waals surface area contributed by atoms with E-state index in [-0.39, 0.29) is 28.9 Å². The Morgan fingerprint density at radius 1 is 1.29 bits per heavy atom. The Hall–Kier alpha value is -2.52. The standard InChI is InChI=1S/C19H23N3O5S/c1-12-18(14(3)27-21-12)28(25,26)22-9-5-7-16(11-22)19(24)20-17-8-4-6-15(10-17)13(2)23/h4,6,8,10,16H,5,7,9,11H2,1-3H3,(H,20,24)/t16-/m0/s1. The summed E-state index contributed by atoms with van der Waals surface area (Å²) in [4.78, 5) is 24.3. The van der Waals surface area contributed by atoms with Crippen LogP contribution in [0.15, 0.2) is 33.7 Å². The fourth-order valence-electron chi connectivity index (χ4n) is 3.41. The molecule has 8 nitrogen and oxygen atoms in total. The van der Waals surface area contributed by atoms with Gasteiger partial charge in [-0.15, -0.1) is 0 Å². The van der Waals surface area contributed by atoms with Crippen molar-refractivity contribution >= 4 is 27.4 Å². The third-order valence-electron chi connectivity index (χ3n) is 4.86. The average molecular weight is 405 g/mol. The number of sulfonamides is 1. The second kappa shape index (κ2) is 7.84. The first-order valence-electron chi connectivity index (χ1n) is 9.05. The van der Waals surface area contributed by atoms with Gasteiger partial charge in [-0.2, -0.15) is 4.31 Å². The minimum Gasteiger partial charge on any atom is -0.360 e. The molecule has 1 aromatic carbocycles. The van der Waals surface area contributed by atoms with E-state index in [0.29, 0.717) is 36.3 Å². The van der Waals surface area contributed by atoms with E-state index in [0.717, 1.165) is 0 Å². The summed E-state index contributed by atoms with van der Waals surface area (Å²) >= 11 is 0. The van der Waals surface area contributed by atoms with Crippen LogP contribution in [0.3, 0.4) is 0 Å². The molecular formula is C19H23N3O5S. The number of Topliss-reactive ketones (excluding diaryl/α,β-unsaturated/α-hetero) is 1. The smallest absolute Gasteiger partial charge is 0.248 e. The van der Waals surface area contributed by atoms with Gasteiger partial charge in [-0.05, 0) is 45.7 Å². The molecule has 1 saturated heterocycles. The highest BCUT2D eigenvalue weighted by molar-refractivity contribution is 7.89. The number of aryl methyl sites for hydroxylation is 2. The lowest BCUT2D eigenvalue weighted by atomic mass is 9.98. The SMILES string of the molecule is CC(=O)c1cccc(NC(=O)[C@H]2CCCN(S(=O)(=O)c3c(C)noc3C)C2)c1. The van der Waals surface area contributed by atoms with Gasteiger partial charge in [-0.1, -0.05) is 17.3 Å². The summed E-state index contributed by atoms with van der Waals surface area (Å²) in [5.41, 5.74) is 1.33. The van der Waals surface area contributed by atoms with Gasteiger partial charge < -0.3 is 9.84 Å². The number of hydrogen-bond acceptors (Lipinski definition) is 6. The van der Waals surface area contributed by atoms with Crippen LogP contribution in [0.25, 0.3) is 0 Å². The molecule has 0 bridgehead atoms. The van der Waals surface area contributed by atoms with Gasteiger partial charge in [-0.25, -0.2) is 8.42 Å². The lowest BCUT2D eigenvalue weighted by Gasteiger charge is -2.31. The number of piperidine rings is 1. The molecule has 28 heavy (non-hydrogen) atoms. The summed E-state index contributed by atoms with van der Waals surface area (Å²) in [7, 11) is -3.78. The number of aromatic nitrogens is 1. The zero-order chi connectivity index (χ0) is 20.5. The van der Waals surface area contributed by atoms with Crippen molar-refractivity contribution in [2.75, 3.05) is 18.4 Å². The van der Waals surface area contributed by atoms with Crippen LogP contribution >= 0.6 is 0 Å². The van der Waals surface area contributed by atoms with E-state index in [9.17, 15) is 18.0 Å². The summed E-state index contributed by atoms with van der Waals surface area (Å²) in [5.74, 6) is -0.597. The number of rotatable bonds is 5. The van der Waals surface area contributed by atoms with Crippen LogP contribution in [-0.2, 0) is 14.8 Å². The molecule has 1 atom stereocenters. The predicted octanol–water partition coefficient (Wildman–Crippen LogP) is 2.53. The molecule has 1 aromatic heterocycles. The van der Waals surface area contributed by atoms with E-state index in [2.05, 4.69) is 10.5 Å². The first-order chi connectivity index (χ1) is 13.2. The zero-order valence-corrected chi connectivity index (χ0v) is 16.9. The van der Waals surface area contributed by atoms with Crippen molar-refractivity contribution in [2.45, 2.75) is 38.5 Å². The van der Waals surface area contributed by atoms with Gasteiger partial charge in [0.15, 0.2) is 11.5 Å². The van der Waals surface area contributed by atoms with E-state index in [1.54, 1.807) is 38.1 Å². The van der Waals surface area contributed by atoms with Gasteiger partial charge in [-0.3, -0.25) is 9.59 Å². The minimum atomic E-state index is -3.78. The maximum absolute atomic E-state index is 13.0. The Morgan fingerprint density at radius 3 is 2.68 bits per heavy atom. The van der Waals surface area contributed by atoms with Gasteiger partial charge in [0, 0.05) is 24.3 Å². The first-order valence-corrected chi connectivity index (χ1v) is 10.5. The Kier molecular flexibility index (Phi) is 5.66. The van der Waals surface area contributed by atoms with Crippen molar-refractivity contribution in [3.63, 3.8) is 0 Å². The van der Waals surface area contributed by atoms with Crippen LogP contribution in [0.5, 0.6) is 0 Å². The van der Waals surface area contributed by atoms with Crippen molar-refractivity contribution < 1.29 is 22.5 Å². The van der Waals surface area contributed by atoms with Crippen LogP contribution in [0.4, 0.5) is 5.69 Å². The van der Waals surface area contributed by atoms with E-state index >= 15 is 0 Å². The summed E-state index contributed by atoms with van der Waals surface area (Å²) in [6.45, 7) is 5.03. The molecule has 1 fully saturated rings. The first kappa shape index (κ1) is 20.2. The second-order valence-electron chi connectivity index (χ2n) is 6.98. The summed E-state index contributed by atoms with van der Waals surface area (Å²) in [6.07, 6.45) is 1.17. The number of ketones is 1. The molecule has 0 unspecified atom stereocenters. The number of anilines is 1. The Bertz CT molecular complexity index is 993. The van der Waals surface area contributed by atoms with E-state index in [1.807, 2.05) is 0 Å². The molecule has 2 aromatic rings. The lowest BCUT2D eigenvalue weighted by Crippen LogP contribution is -2.43. The summed E-state index contributed by atoms with van der Waals surface area (Å²) in [5, 5.41) is 6.51. The monoisotopic (exact) mass is 405 g/mol. The van der Waals surface area contributed by atoms with Gasteiger partial charge in [0.05, 0.1) is 5.92 Å². The van der Waals surface area contributed by atoms with E-state index < -0.39 is 15.9 Å². The fourth-order valence-corrected chi connectivity index (χ4v) is 5.22. The molecule has 2 heterocycles. The highest BCUT2D eigenvalue weighted by Crippen LogP contribution is 2.28. The summed E-state index contributed by atoms with van der Waals surface area (Å²) < 4.78 is 32.3. The molecule has 0 saturated carbocycles. The highest BCUT2D eigenvalue weighted by atomic mass is 32.2. The van der Waals surface area contributed by atoms with Crippen molar-refractivity contribution in [3.8, 4) is 0 Å². The molecule has 0 spiro atoms. The number of carbonyl (C=O) groups excluding carboxylic acids is 2.